The number of rotatable bonds is 5. The normalized spacial score (nSPS) is 29.3. The number of sulfone groups is 2. The maximum atomic E-state index is 11.9. The third-order valence-corrected chi connectivity index (χ3v) is 8.63. The van der Waals surface area contributed by atoms with E-state index in [2.05, 4.69) is 5.32 Å². The maximum Gasteiger partial charge on any atom is 0.152 e. The van der Waals surface area contributed by atoms with Crippen molar-refractivity contribution in [1.29, 1.82) is 0 Å². The summed E-state index contributed by atoms with van der Waals surface area (Å²) in [4.78, 5) is 0. The Morgan fingerprint density at radius 2 is 1.95 bits per heavy atom. The summed E-state index contributed by atoms with van der Waals surface area (Å²) in [6.07, 6.45) is 1.27. The quantitative estimate of drug-likeness (QED) is 0.786. The lowest BCUT2D eigenvalue weighted by Crippen LogP contribution is -2.58. The molecule has 19 heavy (non-hydrogen) atoms. The molecule has 0 bridgehead atoms. The van der Waals surface area contributed by atoms with Gasteiger partial charge in [0.25, 0.3) is 0 Å². The molecule has 1 atom stereocenters. The predicted octanol–water partition coefficient (Wildman–Crippen LogP) is 0.224. The molecule has 0 saturated carbocycles. The summed E-state index contributed by atoms with van der Waals surface area (Å²) < 4.78 is 47.0. The fraction of sp³-hybridized carbons (Fsp3) is 1.00. The van der Waals surface area contributed by atoms with Crippen LogP contribution in [0.15, 0.2) is 0 Å². The third-order valence-electron chi connectivity index (χ3n) is 4.66. The summed E-state index contributed by atoms with van der Waals surface area (Å²) in [5.74, 6) is 0.788. The fourth-order valence-electron chi connectivity index (χ4n) is 2.97. The van der Waals surface area contributed by atoms with E-state index < -0.39 is 19.7 Å². The zero-order valence-corrected chi connectivity index (χ0v) is 13.2. The van der Waals surface area contributed by atoms with Gasteiger partial charge in [0, 0.05) is 18.5 Å². The van der Waals surface area contributed by atoms with Crippen LogP contribution in [-0.4, -0.2) is 52.4 Å². The van der Waals surface area contributed by atoms with E-state index in [4.69, 9.17) is 0 Å². The minimum Gasteiger partial charge on any atom is -0.316 e. The summed E-state index contributed by atoms with van der Waals surface area (Å²) in [6, 6.07) is 0. The summed E-state index contributed by atoms with van der Waals surface area (Å²) in [7, 11) is -5.95. The third kappa shape index (κ3) is 3.13. The highest BCUT2D eigenvalue weighted by molar-refractivity contribution is 7.92. The summed E-state index contributed by atoms with van der Waals surface area (Å²) >= 11 is 0. The first-order chi connectivity index (χ1) is 8.67. The molecular weight excluding hydrogens is 286 g/mol. The monoisotopic (exact) mass is 309 g/mol. The van der Waals surface area contributed by atoms with Crippen molar-refractivity contribution in [2.24, 2.45) is 11.3 Å². The van der Waals surface area contributed by atoms with Crippen LogP contribution in [0, 0.1) is 11.3 Å². The first-order valence-electron chi connectivity index (χ1n) is 6.80. The average Bonchev–Trinajstić information content (AvgIpc) is 2.57. The van der Waals surface area contributed by atoms with Crippen LogP contribution in [0.2, 0.25) is 0 Å². The molecule has 7 heteroatoms. The first kappa shape index (κ1) is 15.3. The van der Waals surface area contributed by atoms with Crippen LogP contribution in [0.4, 0.5) is 0 Å². The Bertz CT molecular complexity index is 532. The Kier molecular flexibility index (Phi) is 4.02. The second-order valence-corrected chi connectivity index (χ2v) is 11.1. The van der Waals surface area contributed by atoms with Gasteiger partial charge < -0.3 is 5.32 Å². The molecule has 0 aromatic heterocycles. The average molecular weight is 309 g/mol. The van der Waals surface area contributed by atoms with E-state index in [0.717, 1.165) is 13.1 Å². The smallest absolute Gasteiger partial charge is 0.152 e. The Morgan fingerprint density at radius 1 is 1.32 bits per heavy atom. The van der Waals surface area contributed by atoms with Gasteiger partial charge in [0.15, 0.2) is 19.7 Å². The van der Waals surface area contributed by atoms with Crippen molar-refractivity contribution < 1.29 is 16.8 Å². The topological polar surface area (TPSA) is 80.3 Å². The van der Waals surface area contributed by atoms with Crippen molar-refractivity contribution in [1.82, 2.24) is 5.32 Å². The van der Waals surface area contributed by atoms with Crippen molar-refractivity contribution in [2.45, 2.75) is 31.9 Å². The highest BCUT2D eigenvalue weighted by Gasteiger charge is 2.48. The van der Waals surface area contributed by atoms with E-state index in [0.29, 0.717) is 12.8 Å². The van der Waals surface area contributed by atoms with Crippen molar-refractivity contribution in [3.05, 3.63) is 0 Å². The number of nitrogens with one attached hydrogen (secondary N) is 1. The van der Waals surface area contributed by atoms with E-state index in [-0.39, 0.29) is 33.8 Å². The Balaban J connectivity index is 2.04. The van der Waals surface area contributed by atoms with Gasteiger partial charge in [0.2, 0.25) is 0 Å². The van der Waals surface area contributed by atoms with Gasteiger partial charge in [0.1, 0.15) is 0 Å². The zero-order chi connectivity index (χ0) is 14.3. The van der Waals surface area contributed by atoms with Crippen LogP contribution in [0.25, 0.3) is 0 Å². The van der Waals surface area contributed by atoms with E-state index in [1.807, 2.05) is 0 Å². The maximum absolute atomic E-state index is 11.9. The molecule has 0 aromatic carbocycles. The predicted molar refractivity (Wildman–Crippen MR) is 75.6 cm³/mol. The van der Waals surface area contributed by atoms with Gasteiger partial charge >= 0.3 is 0 Å². The van der Waals surface area contributed by atoms with Gasteiger partial charge in [-0.1, -0.05) is 0 Å². The van der Waals surface area contributed by atoms with E-state index in [1.54, 1.807) is 13.8 Å². The molecule has 1 N–H and O–H groups in total. The molecule has 2 fully saturated rings. The van der Waals surface area contributed by atoms with Crippen LogP contribution >= 0.6 is 0 Å². The molecule has 0 amide bonds. The highest BCUT2D eigenvalue weighted by Crippen LogP contribution is 2.42. The molecule has 2 heterocycles. The zero-order valence-electron chi connectivity index (χ0n) is 11.6. The van der Waals surface area contributed by atoms with Crippen LogP contribution in [0.3, 0.4) is 0 Å². The summed E-state index contributed by atoms with van der Waals surface area (Å²) in [5.41, 5.74) is -0.120. The Morgan fingerprint density at radius 3 is 2.32 bits per heavy atom. The van der Waals surface area contributed by atoms with Gasteiger partial charge in [-0.15, -0.1) is 0 Å². The van der Waals surface area contributed by atoms with Crippen LogP contribution in [0.5, 0.6) is 0 Å². The molecule has 2 aliphatic rings. The fourth-order valence-corrected chi connectivity index (χ4v) is 6.08. The van der Waals surface area contributed by atoms with Gasteiger partial charge in [-0.3, -0.25) is 0 Å². The summed E-state index contributed by atoms with van der Waals surface area (Å²) in [5, 5.41) is 2.83. The van der Waals surface area contributed by atoms with Crippen molar-refractivity contribution in [3.63, 3.8) is 0 Å². The number of hydrogen-bond acceptors (Lipinski definition) is 5. The second kappa shape index (κ2) is 5.00. The van der Waals surface area contributed by atoms with Gasteiger partial charge in [0.05, 0.1) is 22.5 Å². The molecule has 1 unspecified atom stereocenters. The molecule has 0 spiro atoms. The SMILES string of the molecule is CC(C)S(=O)(=O)CCC1(C2CCS(=O)(=O)C2)CNC1. The van der Waals surface area contributed by atoms with Gasteiger partial charge in [-0.25, -0.2) is 16.8 Å². The second-order valence-electron chi connectivity index (χ2n) is 6.23. The Hall–Kier alpha value is -0.140. The molecule has 0 aliphatic carbocycles. The number of hydrogen-bond donors (Lipinski definition) is 1. The Labute approximate surface area is 116 Å². The minimum atomic E-state index is -3.04. The largest absolute Gasteiger partial charge is 0.316 e. The molecule has 2 aliphatic heterocycles. The van der Waals surface area contributed by atoms with E-state index in [9.17, 15) is 16.8 Å². The lowest BCUT2D eigenvalue weighted by atomic mass is 9.68. The van der Waals surface area contributed by atoms with Crippen molar-refractivity contribution >= 4 is 19.7 Å². The van der Waals surface area contributed by atoms with Crippen molar-refractivity contribution in [3.8, 4) is 0 Å². The molecular formula is C12H23NO4S2. The molecule has 2 rings (SSSR count). The minimum absolute atomic E-state index is 0.120. The van der Waals surface area contributed by atoms with Crippen LogP contribution in [0.1, 0.15) is 26.7 Å². The molecule has 2 saturated heterocycles. The standard InChI is InChI=1S/C12H23NO4S2/c1-10(2)19(16,17)6-4-12(8-13-9-12)11-3-5-18(14,15)7-11/h10-11,13H,3-9H2,1-2H3. The first-order valence-corrected chi connectivity index (χ1v) is 10.3. The van der Waals surface area contributed by atoms with Gasteiger partial charge in [-0.2, -0.15) is 0 Å². The molecule has 0 aromatic rings. The lowest BCUT2D eigenvalue weighted by Gasteiger charge is -2.47. The van der Waals surface area contributed by atoms with Crippen LogP contribution < -0.4 is 5.32 Å². The van der Waals surface area contributed by atoms with Gasteiger partial charge in [-0.05, 0) is 32.6 Å². The molecule has 112 valence electrons. The highest BCUT2D eigenvalue weighted by atomic mass is 32.2. The summed E-state index contributed by atoms with van der Waals surface area (Å²) in [6.45, 7) is 4.89. The van der Waals surface area contributed by atoms with E-state index in [1.165, 1.54) is 0 Å². The van der Waals surface area contributed by atoms with Crippen molar-refractivity contribution in [2.75, 3.05) is 30.3 Å². The molecule has 5 nitrogen and oxygen atoms in total. The molecule has 0 radical (unpaired) electrons. The lowest BCUT2D eigenvalue weighted by molar-refractivity contribution is 0.0881. The van der Waals surface area contributed by atoms with E-state index >= 15 is 0 Å². The van der Waals surface area contributed by atoms with Crippen LogP contribution in [-0.2, 0) is 19.7 Å².